The highest BCUT2D eigenvalue weighted by atomic mass is 32.1. The van der Waals surface area contributed by atoms with E-state index in [0.29, 0.717) is 6.42 Å². The zero-order valence-electron chi connectivity index (χ0n) is 9.34. The molecule has 0 radical (unpaired) electrons. The van der Waals surface area contributed by atoms with Crippen LogP contribution >= 0.6 is 11.3 Å². The van der Waals surface area contributed by atoms with E-state index in [-0.39, 0.29) is 0 Å². The molecule has 84 valence electrons. The number of aliphatic hydroxyl groups is 1. The van der Waals surface area contributed by atoms with Gasteiger partial charge in [0.1, 0.15) is 0 Å². The molecule has 1 N–H and O–H groups in total. The maximum absolute atomic E-state index is 10.1. The quantitative estimate of drug-likeness (QED) is 0.887. The van der Waals surface area contributed by atoms with Crippen molar-refractivity contribution in [3.8, 4) is 0 Å². The summed E-state index contributed by atoms with van der Waals surface area (Å²) in [5, 5.41) is 11.1. The van der Waals surface area contributed by atoms with E-state index in [9.17, 15) is 5.11 Å². The standard InChI is InChI=1S/C12H14N2OS/c1-8-12(16-9(2)14-8)11(15)7-10-3-5-13-6-4-10/h3-6,11,15H,7H2,1-2H3. The predicted molar refractivity (Wildman–Crippen MR) is 64.5 cm³/mol. The van der Waals surface area contributed by atoms with E-state index in [4.69, 9.17) is 0 Å². The third-order valence-electron chi connectivity index (χ3n) is 2.42. The molecular formula is C12H14N2OS. The Morgan fingerprint density at radius 1 is 1.31 bits per heavy atom. The van der Waals surface area contributed by atoms with Gasteiger partial charge in [0.05, 0.1) is 21.7 Å². The van der Waals surface area contributed by atoms with Gasteiger partial charge in [-0.25, -0.2) is 4.98 Å². The predicted octanol–water partition coefficient (Wildman–Crippen LogP) is 2.43. The summed E-state index contributed by atoms with van der Waals surface area (Å²) in [6.45, 7) is 3.90. The van der Waals surface area contributed by atoms with Crippen LogP contribution in [-0.2, 0) is 6.42 Å². The molecule has 1 atom stereocenters. The summed E-state index contributed by atoms with van der Waals surface area (Å²) in [4.78, 5) is 9.24. The van der Waals surface area contributed by atoms with Crippen LogP contribution in [0.4, 0.5) is 0 Å². The second-order valence-corrected chi connectivity index (χ2v) is 4.99. The molecule has 0 aliphatic rings. The Bertz CT molecular complexity index is 467. The Morgan fingerprint density at radius 3 is 2.56 bits per heavy atom. The van der Waals surface area contributed by atoms with Gasteiger partial charge >= 0.3 is 0 Å². The number of pyridine rings is 1. The Morgan fingerprint density at radius 2 is 2.00 bits per heavy atom. The summed E-state index contributed by atoms with van der Waals surface area (Å²) in [5.74, 6) is 0. The second kappa shape index (κ2) is 4.72. The van der Waals surface area contributed by atoms with Crippen molar-refractivity contribution in [1.82, 2.24) is 9.97 Å². The number of aryl methyl sites for hydroxylation is 2. The molecule has 0 aliphatic heterocycles. The average molecular weight is 234 g/mol. The number of hydrogen-bond donors (Lipinski definition) is 1. The molecule has 16 heavy (non-hydrogen) atoms. The van der Waals surface area contributed by atoms with Gasteiger partial charge in [0, 0.05) is 18.8 Å². The van der Waals surface area contributed by atoms with Gasteiger partial charge in [-0.15, -0.1) is 11.3 Å². The van der Waals surface area contributed by atoms with Crippen LogP contribution in [0.1, 0.15) is 27.2 Å². The molecule has 0 spiro atoms. The Labute approximate surface area is 98.8 Å². The summed E-state index contributed by atoms with van der Waals surface area (Å²) >= 11 is 1.56. The first-order valence-corrected chi connectivity index (χ1v) is 5.99. The molecule has 0 amide bonds. The summed E-state index contributed by atoms with van der Waals surface area (Å²) < 4.78 is 0. The van der Waals surface area contributed by atoms with E-state index in [1.54, 1.807) is 23.7 Å². The molecule has 2 aromatic heterocycles. The van der Waals surface area contributed by atoms with Crippen LogP contribution in [0, 0.1) is 13.8 Å². The van der Waals surface area contributed by atoms with Crippen molar-refractivity contribution < 1.29 is 5.11 Å². The second-order valence-electron chi connectivity index (χ2n) is 3.76. The molecule has 2 heterocycles. The number of thiazole rings is 1. The highest BCUT2D eigenvalue weighted by Gasteiger charge is 2.14. The van der Waals surface area contributed by atoms with Crippen LogP contribution in [0.5, 0.6) is 0 Å². The average Bonchev–Trinajstić information content (AvgIpc) is 2.59. The van der Waals surface area contributed by atoms with Crippen molar-refractivity contribution in [2.45, 2.75) is 26.4 Å². The van der Waals surface area contributed by atoms with Gasteiger partial charge < -0.3 is 5.11 Å². The molecule has 4 heteroatoms. The van der Waals surface area contributed by atoms with Crippen LogP contribution in [0.15, 0.2) is 24.5 Å². The molecule has 0 aliphatic carbocycles. The minimum Gasteiger partial charge on any atom is -0.387 e. The largest absolute Gasteiger partial charge is 0.387 e. The van der Waals surface area contributed by atoms with E-state index in [0.717, 1.165) is 21.1 Å². The Kier molecular flexibility index (Phi) is 3.31. The zero-order valence-corrected chi connectivity index (χ0v) is 10.2. The van der Waals surface area contributed by atoms with Crippen molar-refractivity contribution in [2.24, 2.45) is 0 Å². The van der Waals surface area contributed by atoms with Crippen LogP contribution < -0.4 is 0 Å². The molecule has 0 saturated carbocycles. The van der Waals surface area contributed by atoms with Gasteiger partial charge in [-0.05, 0) is 31.5 Å². The summed E-state index contributed by atoms with van der Waals surface area (Å²) in [6.07, 6.45) is 3.64. The minimum atomic E-state index is -0.464. The van der Waals surface area contributed by atoms with Crippen LogP contribution in [0.25, 0.3) is 0 Å². The third-order valence-corrected chi connectivity index (χ3v) is 3.59. The molecule has 2 aromatic rings. The summed E-state index contributed by atoms with van der Waals surface area (Å²) in [7, 11) is 0. The van der Waals surface area contributed by atoms with Crippen molar-refractivity contribution in [3.63, 3.8) is 0 Å². The summed E-state index contributed by atoms with van der Waals surface area (Å²) in [5.41, 5.74) is 2.03. The first-order chi connectivity index (χ1) is 7.66. The van der Waals surface area contributed by atoms with E-state index in [1.807, 2.05) is 26.0 Å². The Hall–Kier alpha value is -1.26. The molecular weight excluding hydrogens is 220 g/mol. The summed E-state index contributed by atoms with van der Waals surface area (Å²) in [6, 6.07) is 3.85. The maximum Gasteiger partial charge on any atom is 0.0941 e. The fraction of sp³-hybridized carbons (Fsp3) is 0.333. The van der Waals surface area contributed by atoms with E-state index in [2.05, 4.69) is 9.97 Å². The van der Waals surface area contributed by atoms with E-state index in [1.165, 1.54) is 0 Å². The molecule has 2 rings (SSSR count). The number of rotatable bonds is 3. The molecule has 0 aromatic carbocycles. The van der Waals surface area contributed by atoms with E-state index < -0.39 is 6.10 Å². The molecule has 3 nitrogen and oxygen atoms in total. The van der Waals surface area contributed by atoms with Crippen LogP contribution in [0.3, 0.4) is 0 Å². The smallest absolute Gasteiger partial charge is 0.0941 e. The topological polar surface area (TPSA) is 46.0 Å². The van der Waals surface area contributed by atoms with Crippen molar-refractivity contribution in [1.29, 1.82) is 0 Å². The number of aromatic nitrogens is 2. The van der Waals surface area contributed by atoms with Gasteiger partial charge in [-0.1, -0.05) is 0 Å². The third kappa shape index (κ3) is 2.46. The van der Waals surface area contributed by atoms with Gasteiger partial charge in [0.2, 0.25) is 0 Å². The molecule has 0 saturated heterocycles. The lowest BCUT2D eigenvalue weighted by atomic mass is 10.1. The molecule has 0 fully saturated rings. The monoisotopic (exact) mass is 234 g/mol. The first-order valence-electron chi connectivity index (χ1n) is 5.17. The van der Waals surface area contributed by atoms with Gasteiger partial charge in [-0.3, -0.25) is 4.98 Å². The first kappa shape index (κ1) is 11.2. The fourth-order valence-electron chi connectivity index (χ4n) is 1.69. The highest BCUT2D eigenvalue weighted by Crippen LogP contribution is 2.27. The minimum absolute atomic E-state index is 0.464. The number of nitrogens with zero attached hydrogens (tertiary/aromatic N) is 2. The van der Waals surface area contributed by atoms with Crippen LogP contribution in [-0.4, -0.2) is 15.1 Å². The fourth-order valence-corrected chi connectivity index (χ4v) is 2.60. The number of aliphatic hydroxyl groups excluding tert-OH is 1. The molecule has 1 unspecified atom stereocenters. The lowest BCUT2D eigenvalue weighted by Gasteiger charge is -2.08. The maximum atomic E-state index is 10.1. The van der Waals surface area contributed by atoms with E-state index >= 15 is 0 Å². The normalized spacial score (nSPS) is 12.7. The number of hydrogen-bond acceptors (Lipinski definition) is 4. The molecule has 0 bridgehead atoms. The van der Waals surface area contributed by atoms with Crippen molar-refractivity contribution in [2.75, 3.05) is 0 Å². The lowest BCUT2D eigenvalue weighted by Crippen LogP contribution is -2.01. The van der Waals surface area contributed by atoms with Crippen LogP contribution in [0.2, 0.25) is 0 Å². The lowest BCUT2D eigenvalue weighted by molar-refractivity contribution is 0.181. The highest BCUT2D eigenvalue weighted by molar-refractivity contribution is 7.11. The van der Waals surface area contributed by atoms with Crippen molar-refractivity contribution in [3.05, 3.63) is 45.7 Å². The Balaban J connectivity index is 2.14. The zero-order chi connectivity index (χ0) is 11.5. The van der Waals surface area contributed by atoms with Gasteiger partial charge in [0.15, 0.2) is 0 Å². The van der Waals surface area contributed by atoms with Gasteiger partial charge in [-0.2, -0.15) is 0 Å². The van der Waals surface area contributed by atoms with Crippen molar-refractivity contribution >= 4 is 11.3 Å². The van der Waals surface area contributed by atoms with Gasteiger partial charge in [0.25, 0.3) is 0 Å². The SMILES string of the molecule is Cc1nc(C)c(C(O)Cc2ccncc2)s1.